The van der Waals surface area contributed by atoms with Crippen LogP contribution in [0, 0.1) is 0 Å². The summed E-state index contributed by atoms with van der Waals surface area (Å²) < 4.78 is 4.79. The third kappa shape index (κ3) is 4.93. The smallest absolute Gasteiger partial charge is 0.339 e. The van der Waals surface area contributed by atoms with Gasteiger partial charge < -0.3 is 20.3 Å². The number of methoxy groups -OCH3 is 1. The van der Waals surface area contributed by atoms with Gasteiger partial charge in [-0.05, 0) is 32.3 Å². The normalized spacial score (nSPS) is 10.4. The monoisotopic (exact) mass is 315 g/mol. The highest BCUT2D eigenvalue weighted by Gasteiger charge is 2.11. The van der Waals surface area contributed by atoms with Gasteiger partial charge in [0.25, 0.3) is 0 Å². The minimum atomic E-state index is -0.397. The van der Waals surface area contributed by atoms with Crippen molar-refractivity contribution < 1.29 is 9.53 Å². The van der Waals surface area contributed by atoms with Crippen molar-refractivity contribution in [3.63, 3.8) is 0 Å². The summed E-state index contributed by atoms with van der Waals surface area (Å²) in [6, 6.07) is 8.86. The van der Waals surface area contributed by atoms with Gasteiger partial charge in [-0.3, -0.25) is 0 Å². The Hall–Kier alpha value is -2.67. The van der Waals surface area contributed by atoms with Gasteiger partial charge in [-0.15, -0.1) is 0 Å². The predicted molar refractivity (Wildman–Crippen MR) is 90.1 cm³/mol. The Kier molecular flexibility index (Phi) is 5.87. The van der Waals surface area contributed by atoms with Crippen LogP contribution < -0.4 is 10.6 Å². The number of carbonyl (C=O) groups is 1. The van der Waals surface area contributed by atoms with Crippen molar-refractivity contribution in [3.8, 4) is 0 Å². The third-order valence-electron chi connectivity index (χ3n) is 3.09. The number of anilines is 3. The summed E-state index contributed by atoms with van der Waals surface area (Å²) in [4.78, 5) is 22.4. The van der Waals surface area contributed by atoms with Gasteiger partial charge in [0.1, 0.15) is 5.82 Å². The molecule has 0 amide bonds. The minimum absolute atomic E-state index is 0.397. The lowest BCUT2D eigenvalue weighted by Gasteiger charge is -2.12. The second-order valence-corrected chi connectivity index (χ2v) is 5.16. The van der Waals surface area contributed by atoms with E-state index in [-0.39, 0.29) is 0 Å². The number of nitrogens with one attached hydrogen (secondary N) is 2. The first-order valence-corrected chi connectivity index (χ1v) is 7.26. The summed E-state index contributed by atoms with van der Waals surface area (Å²) in [5, 5.41) is 6.28. The molecule has 0 spiro atoms. The van der Waals surface area contributed by atoms with E-state index in [1.807, 2.05) is 20.2 Å². The molecule has 7 nitrogen and oxygen atoms in total. The van der Waals surface area contributed by atoms with Crippen LogP contribution in [0.15, 0.2) is 36.5 Å². The number of ether oxygens (including phenoxy) is 1. The Balaban J connectivity index is 2.10. The van der Waals surface area contributed by atoms with Crippen molar-refractivity contribution in [2.45, 2.75) is 0 Å². The van der Waals surface area contributed by atoms with E-state index in [2.05, 4.69) is 25.5 Å². The van der Waals surface area contributed by atoms with Gasteiger partial charge in [-0.1, -0.05) is 12.1 Å². The molecule has 7 heteroatoms. The molecule has 2 N–H and O–H groups in total. The highest BCUT2D eigenvalue weighted by atomic mass is 16.5. The molecule has 0 radical (unpaired) electrons. The molecule has 23 heavy (non-hydrogen) atoms. The number of rotatable bonds is 7. The molecule has 0 fully saturated rings. The molecule has 0 unspecified atom stereocenters. The molecule has 0 aliphatic heterocycles. The van der Waals surface area contributed by atoms with E-state index >= 15 is 0 Å². The first-order chi connectivity index (χ1) is 11.1. The zero-order chi connectivity index (χ0) is 16.7. The SMILES string of the molecule is COC(=O)c1ccccc1Nc1ccnc(NCCN(C)C)n1. The molecule has 2 aromatic rings. The lowest BCUT2D eigenvalue weighted by Crippen LogP contribution is -2.21. The maximum absolute atomic E-state index is 11.8. The second-order valence-electron chi connectivity index (χ2n) is 5.16. The van der Waals surface area contributed by atoms with Crippen LogP contribution in [0.2, 0.25) is 0 Å². The van der Waals surface area contributed by atoms with Crippen LogP contribution in [0.4, 0.5) is 17.5 Å². The Labute approximate surface area is 135 Å². The van der Waals surface area contributed by atoms with Crippen LogP contribution in [-0.2, 0) is 4.74 Å². The minimum Gasteiger partial charge on any atom is -0.465 e. The molecule has 0 saturated heterocycles. The fourth-order valence-corrected chi connectivity index (χ4v) is 1.92. The quantitative estimate of drug-likeness (QED) is 0.756. The van der Waals surface area contributed by atoms with Gasteiger partial charge in [-0.25, -0.2) is 9.78 Å². The van der Waals surface area contributed by atoms with E-state index in [1.54, 1.807) is 30.5 Å². The molecule has 122 valence electrons. The Morgan fingerprint density at radius 3 is 2.78 bits per heavy atom. The van der Waals surface area contributed by atoms with E-state index in [0.29, 0.717) is 23.0 Å². The number of hydrogen-bond acceptors (Lipinski definition) is 7. The average molecular weight is 315 g/mol. The lowest BCUT2D eigenvalue weighted by molar-refractivity contribution is 0.0602. The van der Waals surface area contributed by atoms with Crippen LogP contribution in [0.1, 0.15) is 10.4 Å². The number of esters is 1. The highest BCUT2D eigenvalue weighted by Crippen LogP contribution is 2.20. The first-order valence-electron chi connectivity index (χ1n) is 7.26. The topological polar surface area (TPSA) is 79.4 Å². The number of benzene rings is 1. The summed E-state index contributed by atoms with van der Waals surface area (Å²) in [5.41, 5.74) is 1.09. The predicted octanol–water partition coefficient (Wildman–Crippen LogP) is 1.98. The summed E-state index contributed by atoms with van der Waals surface area (Å²) in [7, 11) is 5.37. The number of nitrogens with zero attached hydrogens (tertiary/aromatic N) is 3. The molecule has 0 bridgehead atoms. The molecule has 0 aliphatic rings. The Morgan fingerprint density at radius 1 is 1.26 bits per heavy atom. The maximum Gasteiger partial charge on any atom is 0.339 e. The molecule has 2 rings (SSSR count). The Morgan fingerprint density at radius 2 is 2.04 bits per heavy atom. The number of aromatic nitrogens is 2. The Bertz CT molecular complexity index is 660. The zero-order valence-corrected chi connectivity index (χ0v) is 13.5. The molecule has 1 aromatic heterocycles. The van der Waals surface area contributed by atoms with Crippen LogP contribution in [0.3, 0.4) is 0 Å². The average Bonchev–Trinajstić information content (AvgIpc) is 2.55. The van der Waals surface area contributed by atoms with Crippen molar-refractivity contribution in [1.29, 1.82) is 0 Å². The van der Waals surface area contributed by atoms with E-state index in [9.17, 15) is 4.79 Å². The number of carbonyl (C=O) groups excluding carboxylic acids is 1. The molecule has 0 saturated carbocycles. The van der Waals surface area contributed by atoms with E-state index < -0.39 is 5.97 Å². The molecule has 1 heterocycles. The van der Waals surface area contributed by atoms with Crippen LogP contribution >= 0.6 is 0 Å². The van der Waals surface area contributed by atoms with Gasteiger partial charge in [0.05, 0.1) is 18.4 Å². The van der Waals surface area contributed by atoms with Crippen LogP contribution in [0.5, 0.6) is 0 Å². The van der Waals surface area contributed by atoms with Crippen molar-refractivity contribution in [2.75, 3.05) is 44.9 Å². The zero-order valence-electron chi connectivity index (χ0n) is 13.5. The summed E-state index contributed by atoms with van der Waals surface area (Å²) in [6.45, 7) is 1.63. The largest absolute Gasteiger partial charge is 0.465 e. The van der Waals surface area contributed by atoms with E-state index in [0.717, 1.165) is 13.1 Å². The summed E-state index contributed by atoms with van der Waals surface area (Å²) in [5.74, 6) is 0.739. The van der Waals surface area contributed by atoms with Crippen LogP contribution in [-0.4, -0.2) is 55.1 Å². The highest BCUT2D eigenvalue weighted by molar-refractivity contribution is 5.96. The van der Waals surface area contributed by atoms with Crippen molar-refractivity contribution in [3.05, 3.63) is 42.1 Å². The summed E-state index contributed by atoms with van der Waals surface area (Å²) in [6.07, 6.45) is 1.66. The lowest BCUT2D eigenvalue weighted by atomic mass is 10.2. The third-order valence-corrected chi connectivity index (χ3v) is 3.09. The molecule has 0 atom stereocenters. The van der Waals surface area contributed by atoms with E-state index in [4.69, 9.17) is 4.74 Å². The first kappa shape index (κ1) is 16.7. The number of likely N-dealkylation sites (N-methyl/N-ethyl adjacent to an activating group) is 1. The molecular weight excluding hydrogens is 294 g/mol. The number of hydrogen-bond donors (Lipinski definition) is 2. The standard InChI is InChI=1S/C16H21N5O2/c1-21(2)11-10-18-16-17-9-8-14(20-16)19-13-7-5-4-6-12(13)15(22)23-3/h4-9H,10-11H2,1-3H3,(H2,17,18,19,20). The van der Waals surface area contributed by atoms with Gasteiger partial charge >= 0.3 is 5.97 Å². The van der Waals surface area contributed by atoms with Gasteiger partial charge in [0, 0.05) is 19.3 Å². The molecule has 0 aliphatic carbocycles. The maximum atomic E-state index is 11.8. The fraction of sp³-hybridized carbons (Fsp3) is 0.312. The fourth-order valence-electron chi connectivity index (χ4n) is 1.92. The van der Waals surface area contributed by atoms with Gasteiger partial charge in [-0.2, -0.15) is 4.98 Å². The molecular formula is C16H21N5O2. The van der Waals surface area contributed by atoms with Gasteiger partial charge in [0.2, 0.25) is 5.95 Å². The van der Waals surface area contributed by atoms with Gasteiger partial charge in [0.15, 0.2) is 0 Å². The van der Waals surface area contributed by atoms with Crippen molar-refractivity contribution in [2.24, 2.45) is 0 Å². The molecule has 1 aromatic carbocycles. The van der Waals surface area contributed by atoms with Crippen molar-refractivity contribution >= 4 is 23.4 Å². The van der Waals surface area contributed by atoms with Crippen LogP contribution in [0.25, 0.3) is 0 Å². The number of para-hydroxylation sites is 1. The second kappa shape index (κ2) is 8.09. The van der Waals surface area contributed by atoms with Crippen molar-refractivity contribution in [1.82, 2.24) is 14.9 Å². The summed E-state index contributed by atoms with van der Waals surface area (Å²) >= 11 is 0. The van der Waals surface area contributed by atoms with E-state index in [1.165, 1.54) is 7.11 Å².